The van der Waals surface area contributed by atoms with Gasteiger partial charge in [0.1, 0.15) is 12.4 Å². The smallest absolute Gasteiger partial charge is 0.245 e. The summed E-state index contributed by atoms with van der Waals surface area (Å²) >= 11 is 12.2. The van der Waals surface area contributed by atoms with Gasteiger partial charge in [-0.15, -0.1) is 0 Å². The Bertz CT molecular complexity index is 924. The maximum absolute atomic E-state index is 11.6. The van der Waals surface area contributed by atoms with Gasteiger partial charge in [0.05, 0.1) is 21.1 Å². The molecule has 0 unspecified atom stereocenters. The van der Waals surface area contributed by atoms with E-state index in [1.807, 2.05) is 36.4 Å². The summed E-state index contributed by atoms with van der Waals surface area (Å²) in [4.78, 5) is 16.3. The average Bonchev–Trinajstić information content (AvgIpc) is 2.96. The van der Waals surface area contributed by atoms with Crippen molar-refractivity contribution in [2.45, 2.75) is 13.0 Å². The van der Waals surface area contributed by atoms with Crippen LogP contribution in [0.1, 0.15) is 11.4 Å². The maximum atomic E-state index is 11.6. The number of fused-ring (bicyclic) bond motifs is 1. The second-order valence-electron chi connectivity index (χ2n) is 5.88. The average molecular weight is 392 g/mol. The van der Waals surface area contributed by atoms with E-state index in [1.54, 1.807) is 6.07 Å². The SMILES string of the molecule is COCC(=O)NCCc1nc2ccccc2n1Cc1ccc(Cl)c(Cl)c1. The van der Waals surface area contributed by atoms with Gasteiger partial charge in [0.15, 0.2) is 0 Å². The van der Waals surface area contributed by atoms with Gasteiger partial charge in [-0.25, -0.2) is 4.98 Å². The molecule has 0 spiro atoms. The number of hydrogen-bond acceptors (Lipinski definition) is 3. The standard InChI is InChI=1S/C19H19Cl2N3O2/c1-26-12-19(25)22-9-8-18-23-16-4-2-3-5-17(16)24(18)11-13-6-7-14(20)15(21)10-13/h2-7,10H,8-9,11-12H2,1H3,(H,22,25). The summed E-state index contributed by atoms with van der Waals surface area (Å²) in [5.74, 6) is 0.759. The molecule has 2 aromatic carbocycles. The van der Waals surface area contributed by atoms with E-state index >= 15 is 0 Å². The lowest BCUT2D eigenvalue weighted by molar-refractivity contribution is -0.124. The van der Waals surface area contributed by atoms with Crippen molar-refractivity contribution in [2.75, 3.05) is 20.3 Å². The third-order valence-electron chi connectivity index (χ3n) is 4.00. The molecule has 1 N–H and O–H groups in total. The fourth-order valence-corrected chi connectivity index (χ4v) is 3.13. The summed E-state index contributed by atoms with van der Waals surface area (Å²) in [6.07, 6.45) is 0.617. The quantitative estimate of drug-likeness (QED) is 0.667. The molecule has 0 aliphatic carbocycles. The van der Waals surface area contributed by atoms with Crippen LogP contribution in [0.25, 0.3) is 11.0 Å². The number of aromatic nitrogens is 2. The number of carbonyl (C=O) groups excluding carboxylic acids is 1. The highest BCUT2D eigenvalue weighted by atomic mass is 35.5. The van der Waals surface area contributed by atoms with Crippen LogP contribution in [0, 0.1) is 0 Å². The number of para-hydroxylation sites is 2. The Labute approximate surface area is 161 Å². The van der Waals surface area contributed by atoms with Gasteiger partial charge < -0.3 is 14.6 Å². The van der Waals surface area contributed by atoms with Crippen LogP contribution in [0.5, 0.6) is 0 Å². The largest absolute Gasteiger partial charge is 0.375 e. The number of nitrogens with one attached hydrogen (secondary N) is 1. The molecule has 0 fully saturated rings. The number of carbonyl (C=O) groups is 1. The zero-order valence-corrected chi connectivity index (χ0v) is 15.8. The molecule has 0 saturated heterocycles. The Hall–Kier alpha value is -2.08. The van der Waals surface area contributed by atoms with Gasteiger partial charge >= 0.3 is 0 Å². The van der Waals surface area contributed by atoms with Crippen LogP contribution in [0.15, 0.2) is 42.5 Å². The Morgan fingerprint density at radius 3 is 2.77 bits per heavy atom. The van der Waals surface area contributed by atoms with E-state index in [-0.39, 0.29) is 12.5 Å². The van der Waals surface area contributed by atoms with Crippen molar-refractivity contribution in [1.82, 2.24) is 14.9 Å². The van der Waals surface area contributed by atoms with Gasteiger partial charge in [-0.2, -0.15) is 0 Å². The van der Waals surface area contributed by atoms with Crippen LogP contribution >= 0.6 is 23.2 Å². The van der Waals surface area contributed by atoms with E-state index in [0.29, 0.717) is 29.6 Å². The van der Waals surface area contributed by atoms with E-state index in [1.165, 1.54) is 7.11 Å². The highest BCUT2D eigenvalue weighted by Crippen LogP contribution is 2.24. The number of methoxy groups -OCH3 is 1. The monoisotopic (exact) mass is 391 g/mol. The van der Waals surface area contributed by atoms with E-state index in [4.69, 9.17) is 32.9 Å². The first-order valence-corrected chi connectivity index (χ1v) is 8.98. The highest BCUT2D eigenvalue weighted by Gasteiger charge is 2.12. The van der Waals surface area contributed by atoms with Crippen molar-refractivity contribution in [3.63, 3.8) is 0 Å². The molecule has 0 bridgehead atoms. The summed E-state index contributed by atoms with van der Waals surface area (Å²) in [6.45, 7) is 1.17. The molecule has 0 aliphatic rings. The number of amides is 1. The minimum atomic E-state index is -0.139. The lowest BCUT2D eigenvalue weighted by Crippen LogP contribution is -2.29. The van der Waals surface area contributed by atoms with Gasteiger partial charge in [0.25, 0.3) is 0 Å². The molecule has 0 saturated carbocycles. The third-order valence-corrected chi connectivity index (χ3v) is 4.74. The van der Waals surface area contributed by atoms with Crippen LogP contribution in [-0.4, -0.2) is 35.7 Å². The first-order valence-electron chi connectivity index (χ1n) is 8.22. The van der Waals surface area contributed by atoms with E-state index in [0.717, 1.165) is 22.4 Å². The topological polar surface area (TPSA) is 56.1 Å². The summed E-state index contributed by atoms with van der Waals surface area (Å²) in [5.41, 5.74) is 3.00. The first kappa shape index (κ1) is 18.7. The van der Waals surface area contributed by atoms with Gasteiger partial charge in [0.2, 0.25) is 5.91 Å². The Balaban J connectivity index is 1.84. The third kappa shape index (κ3) is 4.36. The van der Waals surface area contributed by atoms with Crippen molar-refractivity contribution in [1.29, 1.82) is 0 Å². The van der Waals surface area contributed by atoms with Crippen LogP contribution in [0.3, 0.4) is 0 Å². The number of halogens is 2. The molecular weight excluding hydrogens is 373 g/mol. The molecule has 1 aromatic heterocycles. The van der Waals surface area contributed by atoms with Crippen LogP contribution < -0.4 is 5.32 Å². The van der Waals surface area contributed by atoms with E-state index in [9.17, 15) is 4.79 Å². The molecule has 0 aliphatic heterocycles. The molecular formula is C19H19Cl2N3O2. The fourth-order valence-electron chi connectivity index (χ4n) is 2.81. The van der Waals surface area contributed by atoms with Crippen LogP contribution in [0.4, 0.5) is 0 Å². The van der Waals surface area contributed by atoms with Crippen molar-refractivity contribution in [3.05, 3.63) is 63.9 Å². The first-order chi connectivity index (χ1) is 12.6. The predicted octanol–water partition coefficient (Wildman–Crippen LogP) is 3.70. The Morgan fingerprint density at radius 1 is 1.19 bits per heavy atom. The highest BCUT2D eigenvalue weighted by molar-refractivity contribution is 6.42. The van der Waals surface area contributed by atoms with E-state index < -0.39 is 0 Å². The minimum Gasteiger partial charge on any atom is -0.375 e. The normalized spacial score (nSPS) is 11.0. The van der Waals surface area contributed by atoms with Crippen molar-refractivity contribution in [2.24, 2.45) is 0 Å². The number of hydrogen-bond donors (Lipinski definition) is 1. The Kier molecular flexibility index (Phi) is 6.14. The molecule has 3 aromatic rings. The lowest BCUT2D eigenvalue weighted by atomic mass is 10.2. The predicted molar refractivity (Wildman–Crippen MR) is 104 cm³/mol. The van der Waals surface area contributed by atoms with Crippen LogP contribution in [0.2, 0.25) is 10.0 Å². The summed E-state index contributed by atoms with van der Waals surface area (Å²) < 4.78 is 6.96. The fraction of sp³-hybridized carbons (Fsp3) is 0.263. The van der Waals surface area contributed by atoms with Gasteiger partial charge in [-0.05, 0) is 29.8 Å². The van der Waals surface area contributed by atoms with Crippen molar-refractivity contribution >= 4 is 40.1 Å². The van der Waals surface area contributed by atoms with Gasteiger partial charge in [0, 0.05) is 26.6 Å². The number of ether oxygens (including phenoxy) is 1. The molecule has 26 heavy (non-hydrogen) atoms. The summed E-state index contributed by atoms with van der Waals surface area (Å²) in [6, 6.07) is 13.6. The van der Waals surface area contributed by atoms with Gasteiger partial charge in [-0.3, -0.25) is 4.79 Å². The molecule has 1 amide bonds. The lowest BCUT2D eigenvalue weighted by Gasteiger charge is -2.11. The minimum absolute atomic E-state index is 0.0552. The second-order valence-corrected chi connectivity index (χ2v) is 6.70. The number of nitrogens with zero attached hydrogens (tertiary/aromatic N) is 2. The van der Waals surface area contributed by atoms with E-state index in [2.05, 4.69) is 9.88 Å². The molecule has 1 heterocycles. The summed E-state index contributed by atoms with van der Waals surface area (Å²) in [5, 5.41) is 3.89. The van der Waals surface area contributed by atoms with Gasteiger partial charge in [-0.1, -0.05) is 41.4 Å². The summed E-state index contributed by atoms with van der Waals surface area (Å²) in [7, 11) is 1.50. The Morgan fingerprint density at radius 2 is 2.00 bits per heavy atom. The number of benzene rings is 2. The molecule has 3 rings (SSSR count). The number of imidazole rings is 1. The zero-order valence-electron chi connectivity index (χ0n) is 14.3. The molecule has 0 radical (unpaired) electrons. The second kappa shape index (κ2) is 8.54. The molecule has 0 atom stereocenters. The number of rotatable bonds is 7. The molecule has 5 nitrogen and oxygen atoms in total. The maximum Gasteiger partial charge on any atom is 0.245 e. The molecule has 7 heteroatoms. The van der Waals surface area contributed by atoms with Crippen LogP contribution in [-0.2, 0) is 22.5 Å². The molecule has 136 valence electrons. The zero-order chi connectivity index (χ0) is 18.5. The van der Waals surface area contributed by atoms with Crippen molar-refractivity contribution < 1.29 is 9.53 Å². The van der Waals surface area contributed by atoms with Crippen molar-refractivity contribution in [3.8, 4) is 0 Å².